The highest BCUT2D eigenvalue weighted by molar-refractivity contribution is 8.22. The van der Waals surface area contributed by atoms with E-state index in [0.717, 1.165) is 47.2 Å². The zero-order valence-electron chi connectivity index (χ0n) is 20.3. The van der Waals surface area contributed by atoms with E-state index >= 15 is 0 Å². The van der Waals surface area contributed by atoms with Gasteiger partial charge in [-0.2, -0.15) is 0 Å². The van der Waals surface area contributed by atoms with Crippen LogP contribution in [-0.2, 0) is 5.75 Å². The standard InChI is InChI=1S/C28H26F2N4OS2/c1-18-31-25-11-2-19(16-24(25)27(35)32-18)17-37-28(36)34-14-12-33(13-15-34)26(20-3-7-22(29)8-4-20)21-5-9-23(30)10-6-21/h2-11,16,26H,12-15,17H2,1H3,(H,31,32,35). The third-order valence-electron chi connectivity index (χ3n) is 6.56. The molecule has 9 heteroatoms. The van der Waals surface area contributed by atoms with Crippen molar-refractivity contribution in [3.05, 3.63) is 111 Å². The van der Waals surface area contributed by atoms with Gasteiger partial charge in [-0.3, -0.25) is 9.69 Å². The fourth-order valence-electron chi connectivity index (χ4n) is 4.70. The second-order valence-corrected chi connectivity index (χ2v) is 10.7. The third kappa shape index (κ3) is 5.89. The van der Waals surface area contributed by atoms with E-state index in [4.69, 9.17) is 12.2 Å². The Hall–Kier alpha value is -3.14. The van der Waals surface area contributed by atoms with Crippen LogP contribution in [0.1, 0.15) is 28.6 Å². The average Bonchev–Trinajstić information content (AvgIpc) is 2.90. The van der Waals surface area contributed by atoms with Crippen LogP contribution in [0.25, 0.3) is 10.9 Å². The molecule has 0 spiro atoms. The zero-order chi connectivity index (χ0) is 25.9. The number of thioether (sulfide) groups is 1. The summed E-state index contributed by atoms with van der Waals surface area (Å²) in [5, 5.41) is 0.580. The maximum Gasteiger partial charge on any atom is 0.258 e. The topological polar surface area (TPSA) is 52.2 Å². The Morgan fingerprint density at radius 1 is 0.973 bits per heavy atom. The first-order chi connectivity index (χ1) is 17.9. The first kappa shape index (κ1) is 25.5. The number of halogens is 2. The first-order valence-corrected chi connectivity index (χ1v) is 13.4. The number of hydrogen-bond donors (Lipinski definition) is 1. The fraction of sp³-hybridized carbons (Fsp3) is 0.250. The molecule has 5 rings (SSSR count). The Morgan fingerprint density at radius 3 is 2.16 bits per heavy atom. The molecular formula is C28H26F2N4OS2. The van der Waals surface area contributed by atoms with Crippen molar-refractivity contribution in [1.82, 2.24) is 19.8 Å². The Bertz CT molecular complexity index is 1420. The van der Waals surface area contributed by atoms with Crippen molar-refractivity contribution in [2.75, 3.05) is 26.2 Å². The minimum atomic E-state index is -0.281. The quantitative estimate of drug-likeness (QED) is 0.343. The van der Waals surface area contributed by atoms with Crippen LogP contribution >= 0.6 is 24.0 Å². The molecule has 1 aliphatic rings. The molecule has 0 aliphatic carbocycles. The molecule has 1 saturated heterocycles. The van der Waals surface area contributed by atoms with Gasteiger partial charge in [-0.15, -0.1) is 0 Å². The molecule has 0 radical (unpaired) electrons. The van der Waals surface area contributed by atoms with Crippen molar-refractivity contribution >= 4 is 39.2 Å². The van der Waals surface area contributed by atoms with Crippen LogP contribution in [0.15, 0.2) is 71.5 Å². The highest BCUT2D eigenvalue weighted by Gasteiger charge is 2.27. The number of nitrogens with zero attached hydrogens (tertiary/aromatic N) is 3. The van der Waals surface area contributed by atoms with Gasteiger partial charge in [0.15, 0.2) is 0 Å². The van der Waals surface area contributed by atoms with Gasteiger partial charge in [0.25, 0.3) is 5.56 Å². The van der Waals surface area contributed by atoms with E-state index in [2.05, 4.69) is 19.8 Å². The number of rotatable bonds is 5. The molecule has 0 bridgehead atoms. The molecule has 0 unspecified atom stereocenters. The summed E-state index contributed by atoms with van der Waals surface area (Å²) in [6.45, 7) is 4.80. The molecule has 37 heavy (non-hydrogen) atoms. The summed E-state index contributed by atoms with van der Waals surface area (Å²) in [6, 6.07) is 18.7. The Morgan fingerprint density at radius 2 is 1.57 bits per heavy atom. The lowest BCUT2D eigenvalue weighted by Crippen LogP contribution is -2.48. The van der Waals surface area contributed by atoms with Crippen LogP contribution in [0, 0.1) is 18.6 Å². The largest absolute Gasteiger partial charge is 0.355 e. The summed E-state index contributed by atoms with van der Waals surface area (Å²) in [7, 11) is 0. The van der Waals surface area contributed by atoms with Crippen LogP contribution in [0.3, 0.4) is 0 Å². The summed E-state index contributed by atoms with van der Waals surface area (Å²) >= 11 is 7.32. The van der Waals surface area contributed by atoms with E-state index in [-0.39, 0.29) is 23.2 Å². The van der Waals surface area contributed by atoms with Crippen molar-refractivity contribution in [1.29, 1.82) is 0 Å². The molecular weight excluding hydrogens is 510 g/mol. The smallest absolute Gasteiger partial charge is 0.258 e. The van der Waals surface area contributed by atoms with Crippen molar-refractivity contribution in [3.8, 4) is 0 Å². The number of benzene rings is 3. The number of nitrogens with one attached hydrogen (secondary N) is 1. The molecule has 1 N–H and O–H groups in total. The van der Waals surface area contributed by atoms with Gasteiger partial charge in [0, 0.05) is 31.9 Å². The SMILES string of the molecule is Cc1nc2ccc(CSC(=S)N3CCN(C(c4ccc(F)cc4)c4ccc(F)cc4)CC3)cc2c(=O)[nH]1. The molecule has 4 aromatic rings. The van der Waals surface area contributed by atoms with E-state index in [1.165, 1.54) is 24.3 Å². The van der Waals surface area contributed by atoms with E-state index in [1.54, 1.807) is 43.0 Å². The average molecular weight is 537 g/mol. The lowest BCUT2D eigenvalue weighted by Gasteiger charge is -2.40. The van der Waals surface area contributed by atoms with Crippen molar-refractivity contribution in [2.45, 2.75) is 18.7 Å². The Labute approximate surface area is 223 Å². The fourth-order valence-corrected chi connectivity index (χ4v) is 5.89. The van der Waals surface area contributed by atoms with Gasteiger partial charge >= 0.3 is 0 Å². The van der Waals surface area contributed by atoms with Gasteiger partial charge in [0.2, 0.25) is 0 Å². The van der Waals surface area contributed by atoms with Gasteiger partial charge in [0.05, 0.1) is 16.9 Å². The van der Waals surface area contributed by atoms with E-state index in [0.29, 0.717) is 22.5 Å². The number of thiocarbonyl (C=S) groups is 1. The van der Waals surface area contributed by atoms with Crippen LogP contribution in [-0.4, -0.2) is 50.3 Å². The molecule has 1 aliphatic heterocycles. The number of piperazine rings is 1. The molecule has 0 saturated carbocycles. The summed E-state index contributed by atoms with van der Waals surface area (Å²) in [5.74, 6) is 0.698. The van der Waals surface area contributed by atoms with Gasteiger partial charge in [0.1, 0.15) is 21.8 Å². The third-order valence-corrected chi connectivity index (χ3v) is 8.15. The van der Waals surface area contributed by atoms with Crippen LogP contribution in [0.4, 0.5) is 8.78 Å². The molecule has 0 amide bonds. The molecule has 5 nitrogen and oxygen atoms in total. The highest BCUT2D eigenvalue weighted by atomic mass is 32.2. The number of fused-ring (bicyclic) bond motifs is 1. The second-order valence-electron chi connectivity index (χ2n) is 9.09. The summed E-state index contributed by atoms with van der Waals surface area (Å²) < 4.78 is 28.0. The summed E-state index contributed by atoms with van der Waals surface area (Å²) in [5.41, 5.74) is 3.50. The van der Waals surface area contributed by atoms with Crippen LogP contribution in [0.5, 0.6) is 0 Å². The molecule has 2 heterocycles. The number of hydrogen-bond acceptors (Lipinski definition) is 5. The highest BCUT2D eigenvalue weighted by Crippen LogP contribution is 2.31. The summed E-state index contributed by atoms with van der Waals surface area (Å²) in [4.78, 5) is 23.9. The maximum atomic E-state index is 13.6. The Balaban J connectivity index is 1.24. The normalized spacial score (nSPS) is 14.4. The lowest BCUT2D eigenvalue weighted by atomic mass is 9.96. The van der Waals surface area contributed by atoms with E-state index in [9.17, 15) is 13.6 Å². The molecule has 190 valence electrons. The van der Waals surface area contributed by atoms with E-state index in [1.807, 2.05) is 18.2 Å². The van der Waals surface area contributed by atoms with Crippen molar-refractivity contribution < 1.29 is 8.78 Å². The molecule has 0 atom stereocenters. The van der Waals surface area contributed by atoms with Gasteiger partial charge in [-0.05, 0) is 60.0 Å². The number of H-pyrrole nitrogens is 1. The van der Waals surface area contributed by atoms with E-state index < -0.39 is 0 Å². The Kier molecular flexibility index (Phi) is 7.64. The number of aromatic nitrogens is 2. The minimum Gasteiger partial charge on any atom is -0.355 e. The lowest BCUT2D eigenvalue weighted by molar-refractivity contribution is 0.153. The molecule has 3 aromatic carbocycles. The van der Waals surface area contributed by atoms with Crippen LogP contribution < -0.4 is 5.56 Å². The molecule has 1 aromatic heterocycles. The number of aryl methyl sites for hydroxylation is 1. The predicted octanol–water partition coefficient (Wildman–Crippen LogP) is 5.44. The number of aromatic amines is 1. The van der Waals surface area contributed by atoms with Crippen LogP contribution in [0.2, 0.25) is 0 Å². The second kappa shape index (κ2) is 11.1. The van der Waals surface area contributed by atoms with Gasteiger partial charge in [-0.1, -0.05) is 54.3 Å². The predicted molar refractivity (Wildman–Crippen MR) is 149 cm³/mol. The van der Waals surface area contributed by atoms with Gasteiger partial charge < -0.3 is 9.88 Å². The molecule has 1 fully saturated rings. The van der Waals surface area contributed by atoms with Gasteiger partial charge in [-0.25, -0.2) is 13.8 Å². The van der Waals surface area contributed by atoms with Crippen molar-refractivity contribution in [3.63, 3.8) is 0 Å². The monoisotopic (exact) mass is 536 g/mol. The zero-order valence-corrected chi connectivity index (χ0v) is 21.9. The maximum absolute atomic E-state index is 13.6. The summed E-state index contributed by atoms with van der Waals surface area (Å²) in [6.07, 6.45) is 0. The minimum absolute atomic E-state index is 0.0995. The first-order valence-electron chi connectivity index (χ1n) is 12.0. The van der Waals surface area contributed by atoms with Crippen molar-refractivity contribution in [2.24, 2.45) is 0 Å².